The molecule has 0 bridgehead atoms. The lowest BCUT2D eigenvalue weighted by Crippen LogP contribution is -2.23. The quantitative estimate of drug-likeness (QED) is 0.676. The maximum absolute atomic E-state index is 12.6. The zero-order valence-corrected chi connectivity index (χ0v) is 14.9. The normalized spacial score (nSPS) is 10.5. The molecule has 26 heavy (non-hydrogen) atoms. The van der Waals surface area contributed by atoms with Gasteiger partial charge < -0.3 is 14.8 Å². The minimum atomic E-state index is -1.14. The Morgan fingerprint density at radius 2 is 1.85 bits per heavy atom. The Labute approximate surface area is 155 Å². The van der Waals surface area contributed by atoms with Crippen molar-refractivity contribution in [3.8, 4) is 0 Å². The van der Waals surface area contributed by atoms with Crippen molar-refractivity contribution in [1.82, 2.24) is 5.32 Å². The van der Waals surface area contributed by atoms with Gasteiger partial charge in [0.1, 0.15) is 5.76 Å². The van der Waals surface area contributed by atoms with Crippen LogP contribution in [0.25, 0.3) is 0 Å². The van der Waals surface area contributed by atoms with Gasteiger partial charge in [-0.15, -0.1) is 0 Å². The van der Waals surface area contributed by atoms with Crippen molar-refractivity contribution in [3.63, 3.8) is 0 Å². The van der Waals surface area contributed by atoms with Gasteiger partial charge in [0, 0.05) is 9.79 Å². The highest BCUT2D eigenvalue weighted by molar-refractivity contribution is 7.99. The maximum atomic E-state index is 12.6. The number of hydrogen-bond acceptors (Lipinski definition) is 4. The molecule has 5 nitrogen and oxygen atoms in total. The Hall–Kier alpha value is -2.99. The van der Waals surface area contributed by atoms with Crippen LogP contribution in [0.15, 0.2) is 74.9 Å². The number of rotatable bonds is 6. The SMILES string of the molecule is Cc1ccc(C(=O)NCc2ccc(C(=O)O)o2)c(Sc2ccccc2)c1. The molecule has 1 amide bonds. The topological polar surface area (TPSA) is 79.5 Å². The van der Waals surface area contributed by atoms with Crippen molar-refractivity contribution in [2.45, 2.75) is 23.3 Å². The van der Waals surface area contributed by atoms with Gasteiger partial charge in [0.05, 0.1) is 12.1 Å². The van der Waals surface area contributed by atoms with E-state index in [1.54, 1.807) is 12.1 Å². The smallest absolute Gasteiger partial charge is 0.371 e. The fourth-order valence-corrected chi connectivity index (χ4v) is 3.43. The van der Waals surface area contributed by atoms with Gasteiger partial charge in [-0.2, -0.15) is 0 Å². The first-order chi connectivity index (χ1) is 12.5. The molecule has 0 unspecified atom stereocenters. The Morgan fingerprint density at radius 1 is 1.08 bits per heavy atom. The van der Waals surface area contributed by atoms with E-state index in [0.29, 0.717) is 11.3 Å². The summed E-state index contributed by atoms with van der Waals surface area (Å²) in [7, 11) is 0. The molecular weight excluding hydrogens is 350 g/mol. The number of aryl methyl sites for hydroxylation is 1. The summed E-state index contributed by atoms with van der Waals surface area (Å²) in [6.45, 7) is 2.10. The highest BCUT2D eigenvalue weighted by Crippen LogP contribution is 2.31. The molecule has 2 N–H and O–H groups in total. The molecule has 0 saturated carbocycles. The highest BCUT2D eigenvalue weighted by Gasteiger charge is 2.14. The van der Waals surface area contributed by atoms with Crippen molar-refractivity contribution in [2.75, 3.05) is 0 Å². The zero-order valence-electron chi connectivity index (χ0n) is 14.1. The molecular formula is C20H17NO4S. The van der Waals surface area contributed by atoms with E-state index in [9.17, 15) is 9.59 Å². The highest BCUT2D eigenvalue weighted by atomic mass is 32.2. The second-order valence-corrected chi connectivity index (χ2v) is 6.78. The molecule has 0 radical (unpaired) electrons. The first-order valence-electron chi connectivity index (χ1n) is 7.96. The van der Waals surface area contributed by atoms with Crippen LogP contribution in [0.2, 0.25) is 0 Å². The van der Waals surface area contributed by atoms with Gasteiger partial charge in [-0.1, -0.05) is 36.0 Å². The van der Waals surface area contributed by atoms with Crippen LogP contribution in [-0.2, 0) is 6.54 Å². The minimum Gasteiger partial charge on any atom is -0.475 e. The van der Waals surface area contributed by atoms with Crippen LogP contribution in [0.5, 0.6) is 0 Å². The lowest BCUT2D eigenvalue weighted by Gasteiger charge is -2.10. The Kier molecular flexibility index (Phi) is 5.43. The van der Waals surface area contributed by atoms with Gasteiger partial charge in [0.15, 0.2) is 0 Å². The summed E-state index contributed by atoms with van der Waals surface area (Å²) in [6.07, 6.45) is 0. The summed E-state index contributed by atoms with van der Waals surface area (Å²) in [4.78, 5) is 25.3. The van der Waals surface area contributed by atoms with Crippen LogP contribution in [0, 0.1) is 6.92 Å². The first-order valence-corrected chi connectivity index (χ1v) is 8.78. The van der Waals surface area contributed by atoms with E-state index in [1.807, 2.05) is 49.4 Å². The number of carboxylic acids is 1. The molecule has 0 saturated heterocycles. The van der Waals surface area contributed by atoms with E-state index < -0.39 is 5.97 Å². The molecule has 0 aliphatic heterocycles. The maximum Gasteiger partial charge on any atom is 0.371 e. The van der Waals surface area contributed by atoms with Crippen molar-refractivity contribution in [2.24, 2.45) is 0 Å². The molecule has 0 aliphatic carbocycles. The van der Waals surface area contributed by atoms with Gasteiger partial charge >= 0.3 is 5.97 Å². The van der Waals surface area contributed by atoms with Gasteiger partial charge in [-0.3, -0.25) is 4.79 Å². The second kappa shape index (κ2) is 7.93. The Bertz CT molecular complexity index is 934. The van der Waals surface area contributed by atoms with E-state index in [0.717, 1.165) is 15.4 Å². The van der Waals surface area contributed by atoms with Crippen molar-refractivity contribution >= 4 is 23.6 Å². The lowest BCUT2D eigenvalue weighted by molar-refractivity contribution is 0.0660. The fourth-order valence-electron chi connectivity index (χ4n) is 2.37. The second-order valence-electron chi connectivity index (χ2n) is 5.67. The monoisotopic (exact) mass is 367 g/mol. The Balaban J connectivity index is 1.74. The summed E-state index contributed by atoms with van der Waals surface area (Å²) in [5, 5.41) is 11.6. The molecule has 0 atom stereocenters. The van der Waals surface area contributed by atoms with Gasteiger partial charge in [-0.05, 0) is 48.9 Å². The van der Waals surface area contributed by atoms with Gasteiger partial charge in [-0.25, -0.2) is 4.79 Å². The number of furan rings is 1. The van der Waals surface area contributed by atoms with Crippen LogP contribution < -0.4 is 5.32 Å². The molecule has 2 aromatic carbocycles. The summed E-state index contributed by atoms with van der Waals surface area (Å²) in [5.74, 6) is -1.13. The number of amides is 1. The summed E-state index contributed by atoms with van der Waals surface area (Å²) in [5.41, 5.74) is 1.63. The van der Waals surface area contributed by atoms with Crippen LogP contribution in [-0.4, -0.2) is 17.0 Å². The summed E-state index contributed by atoms with van der Waals surface area (Å²) in [6, 6.07) is 18.4. The van der Waals surface area contributed by atoms with E-state index in [4.69, 9.17) is 9.52 Å². The molecule has 0 spiro atoms. The third-order valence-electron chi connectivity index (χ3n) is 3.65. The minimum absolute atomic E-state index is 0.120. The largest absolute Gasteiger partial charge is 0.475 e. The predicted molar refractivity (Wildman–Crippen MR) is 98.6 cm³/mol. The van der Waals surface area contributed by atoms with E-state index in [2.05, 4.69) is 5.32 Å². The number of carbonyl (C=O) groups excluding carboxylic acids is 1. The third kappa shape index (κ3) is 4.34. The molecule has 0 aliphatic rings. The molecule has 0 fully saturated rings. The molecule has 1 heterocycles. The summed E-state index contributed by atoms with van der Waals surface area (Å²) < 4.78 is 5.16. The zero-order chi connectivity index (χ0) is 18.5. The van der Waals surface area contributed by atoms with Crippen molar-refractivity contribution in [3.05, 3.63) is 83.3 Å². The number of nitrogens with one attached hydrogen (secondary N) is 1. The third-order valence-corrected chi connectivity index (χ3v) is 4.71. The summed E-state index contributed by atoms with van der Waals surface area (Å²) >= 11 is 1.52. The van der Waals surface area contributed by atoms with Crippen LogP contribution in [0.3, 0.4) is 0 Å². The van der Waals surface area contributed by atoms with E-state index in [-0.39, 0.29) is 18.2 Å². The first kappa shape index (κ1) is 17.8. The molecule has 1 aromatic heterocycles. The number of carboxylic acid groups (broad SMARTS) is 1. The van der Waals surface area contributed by atoms with Crippen LogP contribution in [0.1, 0.15) is 32.2 Å². The molecule has 3 rings (SSSR count). The number of aromatic carboxylic acids is 1. The van der Waals surface area contributed by atoms with Crippen molar-refractivity contribution in [1.29, 1.82) is 0 Å². The van der Waals surface area contributed by atoms with Crippen molar-refractivity contribution < 1.29 is 19.1 Å². The average Bonchev–Trinajstić information content (AvgIpc) is 3.10. The van der Waals surface area contributed by atoms with Crippen LogP contribution in [0.4, 0.5) is 0 Å². The van der Waals surface area contributed by atoms with E-state index >= 15 is 0 Å². The molecule has 6 heteroatoms. The van der Waals surface area contributed by atoms with Crippen LogP contribution >= 0.6 is 11.8 Å². The predicted octanol–water partition coefficient (Wildman–Crippen LogP) is 4.37. The van der Waals surface area contributed by atoms with Gasteiger partial charge in [0.2, 0.25) is 5.76 Å². The number of carbonyl (C=O) groups is 2. The molecule has 3 aromatic rings. The standard InChI is InChI=1S/C20H17NO4S/c1-13-7-9-16(18(11-13)26-15-5-3-2-4-6-15)19(22)21-12-14-8-10-17(25-14)20(23)24/h2-11H,12H2,1H3,(H,21,22)(H,23,24). The number of benzene rings is 2. The number of hydrogen-bond donors (Lipinski definition) is 2. The van der Waals surface area contributed by atoms with E-state index in [1.165, 1.54) is 17.8 Å². The average molecular weight is 367 g/mol. The van der Waals surface area contributed by atoms with Gasteiger partial charge in [0.25, 0.3) is 5.91 Å². The fraction of sp³-hybridized carbons (Fsp3) is 0.100. The molecule has 132 valence electrons. The lowest BCUT2D eigenvalue weighted by atomic mass is 10.1. The Morgan fingerprint density at radius 3 is 2.54 bits per heavy atom.